The van der Waals surface area contributed by atoms with E-state index in [-0.39, 0.29) is 21.8 Å². The Bertz CT molecular complexity index is 1230. The van der Waals surface area contributed by atoms with Crippen LogP contribution in [0.15, 0.2) is 77.7 Å². The third kappa shape index (κ3) is 5.04. The molecule has 0 saturated heterocycles. The first-order chi connectivity index (χ1) is 14.7. The third-order valence-electron chi connectivity index (χ3n) is 4.48. The predicted octanol–water partition coefficient (Wildman–Crippen LogP) is 4.18. The summed E-state index contributed by atoms with van der Waals surface area (Å²) in [7, 11) is -4.09. The normalized spacial score (nSPS) is 11.0. The first-order valence-electron chi connectivity index (χ1n) is 9.16. The van der Waals surface area contributed by atoms with Crippen molar-refractivity contribution in [2.24, 2.45) is 0 Å². The number of halogens is 1. The molecule has 3 rings (SSSR count). The van der Waals surface area contributed by atoms with Crippen LogP contribution >= 0.6 is 11.6 Å². The van der Waals surface area contributed by atoms with E-state index in [1.807, 2.05) is 0 Å². The fraction of sp³-hybridized carbons (Fsp3) is 0.0909. The number of carboxylic acid groups (broad SMARTS) is 1. The molecule has 0 bridgehead atoms. The van der Waals surface area contributed by atoms with Gasteiger partial charge in [-0.15, -0.1) is 0 Å². The highest BCUT2D eigenvalue weighted by Gasteiger charge is 2.28. The van der Waals surface area contributed by atoms with Crippen LogP contribution in [0.1, 0.15) is 15.9 Å². The molecule has 0 aromatic heterocycles. The van der Waals surface area contributed by atoms with E-state index in [4.69, 9.17) is 11.6 Å². The highest BCUT2D eigenvalue weighted by Crippen LogP contribution is 2.29. The monoisotopic (exact) mass is 458 g/mol. The Morgan fingerprint density at radius 3 is 2.29 bits per heavy atom. The Balaban J connectivity index is 2.00. The lowest BCUT2D eigenvalue weighted by Crippen LogP contribution is -2.38. The van der Waals surface area contributed by atoms with Crippen molar-refractivity contribution in [1.82, 2.24) is 0 Å². The minimum atomic E-state index is -4.09. The Morgan fingerprint density at radius 1 is 1.00 bits per heavy atom. The molecule has 0 unspecified atom stereocenters. The number of amides is 1. The fourth-order valence-electron chi connectivity index (χ4n) is 3.02. The number of para-hydroxylation sites is 1. The number of carbonyl (C=O) groups is 2. The molecular weight excluding hydrogens is 440 g/mol. The predicted molar refractivity (Wildman–Crippen MR) is 119 cm³/mol. The molecule has 1 amide bonds. The number of rotatable bonds is 7. The number of anilines is 2. The quantitative estimate of drug-likeness (QED) is 0.552. The summed E-state index contributed by atoms with van der Waals surface area (Å²) in [5, 5.41) is 12.2. The number of carboxylic acids is 1. The van der Waals surface area contributed by atoms with Crippen LogP contribution in [0, 0.1) is 6.92 Å². The molecule has 0 atom stereocenters. The van der Waals surface area contributed by atoms with Crippen LogP contribution in [-0.2, 0) is 14.8 Å². The fourth-order valence-corrected chi connectivity index (χ4v) is 4.75. The summed E-state index contributed by atoms with van der Waals surface area (Å²) in [6, 6.07) is 18.3. The molecule has 9 heteroatoms. The first kappa shape index (κ1) is 22.3. The topological polar surface area (TPSA) is 104 Å². The second-order valence-electron chi connectivity index (χ2n) is 6.65. The van der Waals surface area contributed by atoms with Crippen LogP contribution in [-0.4, -0.2) is 31.9 Å². The number of nitrogens with one attached hydrogen (secondary N) is 1. The van der Waals surface area contributed by atoms with Gasteiger partial charge in [-0.1, -0.05) is 41.9 Å². The van der Waals surface area contributed by atoms with Crippen molar-refractivity contribution >= 4 is 44.9 Å². The third-order valence-corrected chi connectivity index (χ3v) is 6.49. The van der Waals surface area contributed by atoms with E-state index in [0.29, 0.717) is 10.6 Å². The Labute approximate surface area is 184 Å². The van der Waals surface area contributed by atoms with Crippen LogP contribution in [0.3, 0.4) is 0 Å². The maximum Gasteiger partial charge on any atom is 0.337 e. The molecule has 7 nitrogen and oxygen atoms in total. The lowest BCUT2D eigenvalue weighted by Gasteiger charge is -2.26. The molecule has 3 aromatic carbocycles. The molecular formula is C22H19ClN2O5S. The molecule has 0 spiro atoms. The van der Waals surface area contributed by atoms with Gasteiger partial charge in [-0.2, -0.15) is 0 Å². The number of carbonyl (C=O) groups excluding carboxylic acids is 1. The van der Waals surface area contributed by atoms with Gasteiger partial charge in [-0.25, -0.2) is 13.2 Å². The average molecular weight is 459 g/mol. The zero-order valence-electron chi connectivity index (χ0n) is 16.4. The van der Waals surface area contributed by atoms with Gasteiger partial charge in [0.1, 0.15) is 6.54 Å². The molecule has 0 aliphatic heterocycles. The average Bonchev–Trinajstić information content (AvgIpc) is 2.73. The molecule has 31 heavy (non-hydrogen) atoms. The highest BCUT2D eigenvalue weighted by molar-refractivity contribution is 7.92. The molecule has 0 heterocycles. The summed E-state index contributed by atoms with van der Waals surface area (Å²) in [4.78, 5) is 24.2. The van der Waals surface area contributed by atoms with Crippen LogP contribution in [0.2, 0.25) is 5.02 Å². The number of sulfonamides is 1. The summed E-state index contributed by atoms with van der Waals surface area (Å²) >= 11 is 6.01. The highest BCUT2D eigenvalue weighted by atomic mass is 35.5. The van der Waals surface area contributed by atoms with Gasteiger partial charge in [0.05, 0.1) is 21.8 Å². The summed E-state index contributed by atoms with van der Waals surface area (Å²) in [6.07, 6.45) is 0. The van der Waals surface area contributed by atoms with Crippen molar-refractivity contribution < 1.29 is 23.1 Å². The summed E-state index contributed by atoms with van der Waals surface area (Å²) in [6.45, 7) is 1.13. The van der Waals surface area contributed by atoms with E-state index >= 15 is 0 Å². The Hall–Kier alpha value is -3.36. The van der Waals surface area contributed by atoms with Gasteiger partial charge >= 0.3 is 5.97 Å². The summed E-state index contributed by atoms with van der Waals surface area (Å²) in [5.74, 6) is -1.90. The van der Waals surface area contributed by atoms with Gasteiger partial charge < -0.3 is 10.4 Å². The van der Waals surface area contributed by atoms with Crippen molar-refractivity contribution in [3.05, 3.63) is 88.9 Å². The summed E-state index contributed by atoms with van der Waals surface area (Å²) < 4.78 is 27.7. The van der Waals surface area contributed by atoms with Crippen molar-refractivity contribution in [3.63, 3.8) is 0 Å². The lowest BCUT2D eigenvalue weighted by molar-refractivity contribution is -0.114. The van der Waals surface area contributed by atoms with E-state index < -0.39 is 28.4 Å². The zero-order valence-corrected chi connectivity index (χ0v) is 18.0. The SMILES string of the molecule is Cc1cc(Cl)ccc1N(CC(=O)Nc1ccccc1C(=O)O)S(=O)(=O)c1ccccc1. The van der Waals surface area contributed by atoms with Gasteiger partial charge in [0.25, 0.3) is 10.0 Å². The second kappa shape index (κ2) is 9.20. The van der Waals surface area contributed by atoms with Crippen LogP contribution in [0.25, 0.3) is 0 Å². The number of aromatic carboxylic acids is 1. The van der Waals surface area contributed by atoms with E-state index in [1.54, 1.807) is 37.3 Å². The largest absolute Gasteiger partial charge is 0.478 e. The van der Waals surface area contributed by atoms with E-state index in [2.05, 4.69) is 5.32 Å². The van der Waals surface area contributed by atoms with E-state index in [0.717, 1.165) is 4.31 Å². The van der Waals surface area contributed by atoms with Crippen molar-refractivity contribution in [2.75, 3.05) is 16.2 Å². The standard InChI is InChI=1S/C22H19ClN2O5S/c1-15-13-16(23)11-12-20(15)25(31(29,30)17-7-3-2-4-8-17)14-21(26)24-19-10-6-5-9-18(19)22(27)28/h2-13H,14H2,1H3,(H,24,26)(H,27,28). The molecule has 2 N–H and O–H groups in total. The van der Waals surface area contributed by atoms with Gasteiger partial charge in [0, 0.05) is 5.02 Å². The number of hydrogen-bond acceptors (Lipinski definition) is 4. The molecule has 160 valence electrons. The lowest BCUT2D eigenvalue weighted by atomic mass is 10.2. The van der Waals surface area contributed by atoms with E-state index in [1.165, 1.54) is 42.5 Å². The minimum absolute atomic E-state index is 0.0167. The van der Waals surface area contributed by atoms with Crippen molar-refractivity contribution in [2.45, 2.75) is 11.8 Å². The maximum absolute atomic E-state index is 13.4. The van der Waals surface area contributed by atoms with Crippen molar-refractivity contribution in [3.8, 4) is 0 Å². The maximum atomic E-state index is 13.4. The van der Waals surface area contributed by atoms with Gasteiger partial charge in [0.15, 0.2) is 0 Å². The van der Waals surface area contributed by atoms with Gasteiger partial charge in [-0.3, -0.25) is 9.10 Å². The molecule has 0 aliphatic carbocycles. The van der Waals surface area contributed by atoms with Crippen LogP contribution < -0.4 is 9.62 Å². The molecule has 0 fully saturated rings. The number of benzene rings is 3. The van der Waals surface area contributed by atoms with Crippen LogP contribution in [0.5, 0.6) is 0 Å². The van der Waals surface area contributed by atoms with Gasteiger partial charge in [0.2, 0.25) is 5.91 Å². The Kier molecular flexibility index (Phi) is 6.62. The molecule has 0 aliphatic rings. The Morgan fingerprint density at radius 2 is 1.65 bits per heavy atom. The molecule has 3 aromatic rings. The smallest absolute Gasteiger partial charge is 0.337 e. The minimum Gasteiger partial charge on any atom is -0.478 e. The van der Waals surface area contributed by atoms with Crippen molar-refractivity contribution in [1.29, 1.82) is 0 Å². The van der Waals surface area contributed by atoms with E-state index in [9.17, 15) is 23.1 Å². The molecule has 0 saturated carbocycles. The van der Waals surface area contributed by atoms with Crippen LogP contribution in [0.4, 0.5) is 11.4 Å². The first-order valence-corrected chi connectivity index (χ1v) is 11.0. The summed E-state index contributed by atoms with van der Waals surface area (Å²) in [5.41, 5.74) is 0.821. The second-order valence-corrected chi connectivity index (χ2v) is 8.95. The zero-order chi connectivity index (χ0) is 22.6. The number of nitrogens with zero attached hydrogens (tertiary/aromatic N) is 1. The molecule has 0 radical (unpaired) electrons. The number of hydrogen-bond donors (Lipinski definition) is 2. The number of aryl methyl sites for hydroxylation is 1. The van der Waals surface area contributed by atoms with Gasteiger partial charge in [-0.05, 0) is 55.0 Å².